The number of ether oxygens (including phenoxy) is 1. The third-order valence-corrected chi connectivity index (χ3v) is 1.77. The molecule has 0 aliphatic rings. The average molecular weight is 199 g/mol. The van der Waals surface area contributed by atoms with E-state index in [1.165, 1.54) is 0 Å². The van der Waals surface area contributed by atoms with Gasteiger partial charge in [-0.05, 0) is 13.3 Å². The molecule has 0 aliphatic heterocycles. The molecule has 1 rings (SSSR count). The van der Waals surface area contributed by atoms with Gasteiger partial charge >= 0.3 is 5.97 Å². The number of methoxy groups -OCH3 is 1. The molecule has 1 aromatic heterocycles. The number of carboxylic acid groups (broad SMARTS) is 1. The molecule has 1 N–H and O–H groups in total. The lowest BCUT2D eigenvalue weighted by Gasteiger charge is -1.94. The van der Waals surface area contributed by atoms with Crippen molar-refractivity contribution in [3.63, 3.8) is 0 Å². The topological polar surface area (TPSA) is 72.6 Å². The number of carbonyl (C=O) groups is 1. The van der Waals surface area contributed by atoms with Gasteiger partial charge in [0.15, 0.2) is 5.89 Å². The van der Waals surface area contributed by atoms with Crippen LogP contribution in [0, 0.1) is 6.92 Å². The minimum absolute atomic E-state index is 0.0718. The number of carboxylic acids is 1. The zero-order chi connectivity index (χ0) is 10.6. The molecule has 14 heavy (non-hydrogen) atoms. The van der Waals surface area contributed by atoms with Gasteiger partial charge in [-0.3, -0.25) is 0 Å². The number of oxazole rings is 1. The Kier molecular flexibility index (Phi) is 3.64. The van der Waals surface area contributed by atoms with Crippen LogP contribution in [0.25, 0.3) is 0 Å². The highest BCUT2D eigenvalue weighted by Crippen LogP contribution is 2.11. The van der Waals surface area contributed by atoms with Crippen LogP contribution in [0.4, 0.5) is 0 Å². The molecule has 5 heteroatoms. The zero-order valence-electron chi connectivity index (χ0n) is 8.24. The van der Waals surface area contributed by atoms with Gasteiger partial charge in [0.1, 0.15) is 0 Å². The number of aromatic nitrogens is 1. The Balaban J connectivity index is 2.62. The Labute approximate surface area is 81.7 Å². The zero-order valence-corrected chi connectivity index (χ0v) is 8.24. The summed E-state index contributed by atoms with van der Waals surface area (Å²) in [6, 6.07) is 0. The van der Waals surface area contributed by atoms with E-state index < -0.39 is 5.97 Å². The fourth-order valence-electron chi connectivity index (χ4n) is 1.13. The van der Waals surface area contributed by atoms with Crippen molar-refractivity contribution in [3.05, 3.63) is 17.3 Å². The van der Waals surface area contributed by atoms with E-state index in [0.29, 0.717) is 24.6 Å². The molecule has 0 fully saturated rings. The maximum atomic E-state index is 10.6. The summed E-state index contributed by atoms with van der Waals surface area (Å²) in [5.41, 5.74) is 0.421. The molecule has 0 spiro atoms. The van der Waals surface area contributed by atoms with Gasteiger partial charge in [0.2, 0.25) is 5.76 Å². The van der Waals surface area contributed by atoms with Gasteiger partial charge in [-0.2, -0.15) is 0 Å². The molecule has 0 atom stereocenters. The van der Waals surface area contributed by atoms with Gasteiger partial charge in [-0.25, -0.2) is 9.78 Å². The number of aromatic carboxylic acids is 1. The van der Waals surface area contributed by atoms with Crippen LogP contribution in [0.15, 0.2) is 4.42 Å². The molecule has 0 amide bonds. The number of hydrogen-bond donors (Lipinski definition) is 1. The van der Waals surface area contributed by atoms with Gasteiger partial charge in [0.05, 0.1) is 5.69 Å². The van der Waals surface area contributed by atoms with Crippen molar-refractivity contribution in [2.45, 2.75) is 19.8 Å². The molecule has 0 aromatic carbocycles. The van der Waals surface area contributed by atoms with Crippen molar-refractivity contribution in [2.24, 2.45) is 0 Å². The maximum Gasteiger partial charge on any atom is 0.373 e. The van der Waals surface area contributed by atoms with Gasteiger partial charge < -0.3 is 14.3 Å². The van der Waals surface area contributed by atoms with Gasteiger partial charge in [-0.1, -0.05) is 0 Å². The van der Waals surface area contributed by atoms with Crippen molar-refractivity contribution in [3.8, 4) is 0 Å². The van der Waals surface area contributed by atoms with Crippen LogP contribution in [-0.2, 0) is 11.2 Å². The van der Waals surface area contributed by atoms with E-state index in [1.807, 2.05) is 0 Å². The van der Waals surface area contributed by atoms with E-state index in [0.717, 1.165) is 6.42 Å². The first-order valence-electron chi connectivity index (χ1n) is 4.33. The molecule has 5 nitrogen and oxygen atoms in total. The number of aryl methyl sites for hydroxylation is 2. The lowest BCUT2D eigenvalue weighted by molar-refractivity contribution is 0.0659. The first-order chi connectivity index (χ1) is 6.65. The molecular formula is C9H13NO4. The van der Waals surface area contributed by atoms with Gasteiger partial charge in [-0.15, -0.1) is 0 Å². The van der Waals surface area contributed by atoms with E-state index in [9.17, 15) is 4.79 Å². The van der Waals surface area contributed by atoms with Crippen LogP contribution < -0.4 is 0 Å². The van der Waals surface area contributed by atoms with E-state index in [-0.39, 0.29) is 5.76 Å². The molecule has 0 radical (unpaired) electrons. The summed E-state index contributed by atoms with van der Waals surface area (Å²) in [6.07, 6.45) is 1.37. The Morgan fingerprint density at radius 3 is 2.86 bits per heavy atom. The highest BCUT2D eigenvalue weighted by molar-refractivity contribution is 5.85. The normalized spacial score (nSPS) is 10.4. The van der Waals surface area contributed by atoms with Crippen LogP contribution >= 0.6 is 0 Å². The molecule has 0 saturated carbocycles. The largest absolute Gasteiger partial charge is 0.475 e. The molecule has 1 aromatic rings. The summed E-state index contributed by atoms with van der Waals surface area (Å²) in [6.45, 7) is 2.23. The lowest BCUT2D eigenvalue weighted by Crippen LogP contribution is -1.95. The SMILES string of the molecule is COCCCc1nc(C)c(C(=O)O)o1. The second-order valence-corrected chi connectivity index (χ2v) is 2.92. The Morgan fingerprint density at radius 1 is 1.64 bits per heavy atom. The second-order valence-electron chi connectivity index (χ2n) is 2.92. The third kappa shape index (κ3) is 2.56. The summed E-state index contributed by atoms with van der Waals surface area (Å²) in [7, 11) is 1.61. The minimum atomic E-state index is -1.08. The van der Waals surface area contributed by atoms with Crippen LogP contribution in [0.3, 0.4) is 0 Å². The third-order valence-electron chi connectivity index (χ3n) is 1.77. The molecule has 1 heterocycles. The summed E-state index contributed by atoms with van der Waals surface area (Å²) in [5.74, 6) is -0.692. The quantitative estimate of drug-likeness (QED) is 0.723. The fraction of sp³-hybridized carbons (Fsp3) is 0.556. The Hall–Kier alpha value is -1.36. The number of nitrogens with zero attached hydrogens (tertiary/aromatic N) is 1. The van der Waals surface area contributed by atoms with Crippen LogP contribution in [-0.4, -0.2) is 29.8 Å². The maximum absolute atomic E-state index is 10.6. The number of hydrogen-bond acceptors (Lipinski definition) is 4. The van der Waals surface area contributed by atoms with E-state index >= 15 is 0 Å². The van der Waals surface area contributed by atoms with Crippen molar-refractivity contribution < 1.29 is 19.1 Å². The van der Waals surface area contributed by atoms with E-state index in [2.05, 4.69) is 4.98 Å². The number of rotatable bonds is 5. The van der Waals surface area contributed by atoms with E-state index in [1.54, 1.807) is 14.0 Å². The Bertz CT molecular complexity index is 319. The van der Waals surface area contributed by atoms with Gasteiger partial charge in [0.25, 0.3) is 0 Å². The monoisotopic (exact) mass is 199 g/mol. The highest BCUT2D eigenvalue weighted by Gasteiger charge is 2.15. The predicted octanol–water partition coefficient (Wildman–Crippen LogP) is 1.26. The van der Waals surface area contributed by atoms with Crippen molar-refractivity contribution in [1.82, 2.24) is 4.98 Å². The van der Waals surface area contributed by atoms with E-state index in [4.69, 9.17) is 14.3 Å². The highest BCUT2D eigenvalue weighted by atomic mass is 16.5. The van der Waals surface area contributed by atoms with Crippen molar-refractivity contribution >= 4 is 5.97 Å². The Morgan fingerprint density at radius 2 is 2.36 bits per heavy atom. The molecule has 78 valence electrons. The summed E-state index contributed by atoms with van der Waals surface area (Å²) >= 11 is 0. The smallest absolute Gasteiger partial charge is 0.373 e. The average Bonchev–Trinajstić information content (AvgIpc) is 2.47. The van der Waals surface area contributed by atoms with Gasteiger partial charge in [0, 0.05) is 20.1 Å². The molecular weight excluding hydrogens is 186 g/mol. The van der Waals surface area contributed by atoms with Crippen molar-refractivity contribution in [1.29, 1.82) is 0 Å². The molecule has 0 bridgehead atoms. The molecule has 0 unspecified atom stereocenters. The minimum Gasteiger partial charge on any atom is -0.475 e. The first kappa shape index (κ1) is 10.7. The fourth-order valence-corrected chi connectivity index (χ4v) is 1.13. The summed E-state index contributed by atoms with van der Waals surface area (Å²) in [4.78, 5) is 14.6. The second kappa shape index (κ2) is 4.76. The molecule has 0 saturated heterocycles. The first-order valence-corrected chi connectivity index (χ1v) is 4.33. The predicted molar refractivity (Wildman–Crippen MR) is 48.4 cm³/mol. The van der Waals surface area contributed by atoms with Crippen LogP contribution in [0.2, 0.25) is 0 Å². The summed E-state index contributed by atoms with van der Waals surface area (Å²) in [5, 5.41) is 8.69. The van der Waals surface area contributed by atoms with Crippen molar-refractivity contribution in [2.75, 3.05) is 13.7 Å². The standard InChI is InChI=1S/C9H13NO4/c1-6-8(9(11)12)14-7(10-6)4-3-5-13-2/h3-5H2,1-2H3,(H,11,12). The lowest BCUT2D eigenvalue weighted by atomic mass is 10.3. The summed E-state index contributed by atoms with van der Waals surface area (Å²) < 4.78 is 9.92. The van der Waals surface area contributed by atoms with Crippen LogP contribution in [0.5, 0.6) is 0 Å². The molecule has 0 aliphatic carbocycles. The van der Waals surface area contributed by atoms with Crippen LogP contribution in [0.1, 0.15) is 28.6 Å².